The van der Waals surface area contributed by atoms with E-state index >= 15 is 0 Å². The number of nitrogens with zero attached hydrogens (tertiary/aromatic N) is 1. The van der Waals surface area contributed by atoms with Gasteiger partial charge in [-0.2, -0.15) is 5.26 Å². The molecule has 0 saturated carbocycles. The number of carbonyl (C=O) groups is 2. The summed E-state index contributed by atoms with van der Waals surface area (Å²) in [5, 5.41) is 13.5. The van der Waals surface area contributed by atoms with E-state index in [0.29, 0.717) is 37.7 Å². The second kappa shape index (κ2) is 9.21. The molecular weight excluding hydrogens is 469 g/mol. The molecule has 9 heteroatoms. The standard InChI is InChI=1S/C23H17Cl2N3O3S/c24-14-7-12(8-15(25)10-14)18-6-5-16(31-18)9-13(11-26)22(30)28-23-20(21(27)29)17-3-1-2-4-19(17)32-23/h5-10H,1-4H2,(H2,27,29)(H,28,30)/b13-9+. The van der Waals surface area contributed by atoms with Crippen molar-refractivity contribution in [2.45, 2.75) is 25.7 Å². The van der Waals surface area contributed by atoms with Crippen molar-refractivity contribution < 1.29 is 14.0 Å². The second-order valence-corrected chi connectivity index (χ2v) is 9.24. The molecule has 0 bridgehead atoms. The predicted molar refractivity (Wildman–Crippen MR) is 126 cm³/mol. The first-order valence-corrected chi connectivity index (χ1v) is 11.4. The molecule has 0 aliphatic heterocycles. The molecule has 2 heterocycles. The maximum atomic E-state index is 12.8. The van der Waals surface area contributed by atoms with Crippen molar-refractivity contribution in [2.75, 3.05) is 5.32 Å². The highest BCUT2D eigenvalue weighted by Crippen LogP contribution is 2.38. The Hall–Kier alpha value is -3.05. The van der Waals surface area contributed by atoms with Gasteiger partial charge < -0.3 is 15.5 Å². The highest BCUT2D eigenvalue weighted by atomic mass is 35.5. The first-order valence-electron chi connectivity index (χ1n) is 9.79. The number of nitrogens with one attached hydrogen (secondary N) is 1. The Morgan fingerprint density at radius 1 is 1.16 bits per heavy atom. The van der Waals surface area contributed by atoms with Crippen molar-refractivity contribution in [1.82, 2.24) is 0 Å². The van der Waals surface area contributed by atoms with E-state index in [1.165, 1.54) is 17.4 Å². The fourth-order valence-corrected chi connectivity index (χ4v) is 5.47. The average molecular weight is 486 g/mol. The summed E-state index contributed by atoms with van der Waals surface area (Å²) >= 11 is 13.4. The van der Waals surface area contributed by atoms with Gasteiger partial charge in [0.25, 0.3) is 11.8 Å². The van der Waals surface area contributed by atoms with Crippen LogP contribution in [0.4, 0.5) is 5.00 Å². The summed E-state index contributed by atoms with van der Waals surface area (Å²) in [4.78, 5) is 25.8. The van der Waals surface area contributed by atoms with Gasteiger partial charge in [-0.15, -0.1) is 11.3 Å². The number of hydrogen-bond donors (Lipinski definition) is 2. The van der Waals surface area contributed by atoms with Crippen LogP contribution in [-0.4, -0.2) is 11.8 Å². The van der Waals surface area contributed by atoms with Gasteiger partial charge in [0.15, 0.2) is 0 Å². The van der Waals surface area contributed by atoms with E-state index in [9.17, 15) is 14.9 Å². The molecule has 0 atom stereocenters. The van der Waals surface area contributed by atoms with Gasteiger partial charge in [0, 0.05) is 26.6 Å². The van der Waals surface area contributed by atoms with E-state index in [1.807, 2.05) is 6.07 Å². The molecule has 4 rings (SSSR count). The SMILES string of the molecule is N#C/C(=C\c1ccc(-c2cc(Cl)cc(Cl)c2)o1)C(=O)Nc1sc2c(c1C(N)=O)CCCC2. The third kappa shape index (κ3) is 4.58. The van der Waals surface area contributed by atoms with Crippen LogP contribution in [0.2, 0.25) is 10.0 Å². The molecule has 32 heavy (non-hydrogen) atoms. The Bertz CT molecular complexity index is 1280. The zero-order chi connectivity index (χ0) is 22.8. The van der Waals surface area contributed by atoms with E-state index in [-0.39, 0.29) is 5.57 Å². The quantitative estimate of drug-likeness (QED) is 0.349. The zero-order valence-corrected chi connectivity index (χ0v) is 19.0. The van der Waals surface area contributed by atoms with Crippen LogP contribution in [0.3, 0.4) is 0 Å². The van der Waals surface area contributed by atoms with E-state index in [4.69, 9.17) is 33.4 Å². The van der Waals surface area contributed by atoms with E-state index in [1.54, 1.807) is 30.3 Å². The molecule has 2 aromatic heterocycles. The van der Waals surface area contributed by atoms with Gasteiger partial charge in [0.05, 0.1) is 5.56 Å². The molecule has 6 nitrogen and oxygen atoms in total. The van der Waals surface area contributed by atoms with Crippen LogP contribution in [0.5, 0.6) is 0 Å². The third-order valence-corrected chi connectivity index (χ3v) is 6.71. The number of furan rings is 1. The number of fused-ring (bicyclic) bond motifs is 1. The van der Waals surface area contributed by atoms with Gasteiger partial charge >= 0.3 is 0 Å². The molecule has 3 aromatic rings. The Balaban J connectivity index is 1.59. The maximum absolute atomic E-state index is 12.8. The molecule has 0 fully saturated rings. The smallest absolute Gasteiger partial charge is 0.267 e. The van der Waals surface area contributed by atoms with Crippen LogP contribution in [0.1, 0.15) is 39.4 Å². The number of hydrogen-bond acceptors (Lipinski definition) is 5. The van der Waals surface area contributed by atoms with Crippen molar-refractivity contribution >= 4 is 57.4 Å². The Morgan fingerprint density at radius 2 is 1.88 bits per heavy atom. The second-order valence-electron chi connectivity index (χ2n) is 7.26. The largest absolute Gasteiger partial charge is 0.457 e. The summed E-state index contributed by atoms with van der Waals surface area (Å²) in [6.07, 6.45) is 4.94. The number of nitrogens with two attached hydrogens (primary N) is 1. The minimum Gasteiger partial charge on any atom is -0.457 e. The lowest BCUT2D eigenvalue weighted by molar-refractivity contribution is -0.112. The van der Waals surface area contributed by atoms with E-state index in [0.717, 1.165) is 36.1 Å². The molecule has 162 valence electrons. The maximum Gasteiger partial charge on any atom is 0.267 e. The fourth-order valence-electron chi connectivity index (χ4n) is 3.66. The summed E-state index contributed by atoms with van der Waals surface area (Å²) in [6.45, 7) is 0. The summed E-state index contributed by atoms with van der Waals surface area (Å²) in [5.74, 6) is -0.431. The summed E-state index contributed by atoms with van der Waals surface area (Å²) in [6, 6.07) is 10.2. The molecule has 0 spiro atoms. The number of aryl methyl sites for hydroxylation is 1. The van der Waals surface area contributed by atoms with E-state index in [2.05, 4.69) is 5.32 Å². The number of anilines is 1. The first-order chi connectivity index (χ1) is 15.4. The van der Waals surface area contributed by atoms with Gasteiger partial charge in [0.2, 0.25) is 0 Å². The normalized spacial score (nSPS) is 13.3. The number of thiophene rings is 1. The van der Waals surface area contributed by atoms with Crippen molar-refractivity contribution in [3.63, 3.8) is 0 Å². The van der Waals surface area contributed by atoms with Crippen LogP contribution in [-0.2, 0) is 17.6 Å². The number of halogens is 2. The average Bonchev–Trinajstić information content (AvgIpc) is 3.35. The number of rotatable bonds is 5. The molecule has 1 aromatic carbocycles. The monoisotopic (exact) mass is 485 g/mol. The van der Waals surface area contributed by atoms with Gasteiger partial charge in [-0.25, -0.2) is 0 Å². The van der Waals surface area contributed by atoms with Crippen LogP contribution in [0.15, 0.2) is 40.3 Å². The Morgan fingerprint density at radius 3 is 2.56 bits per heavy atom. The lowest BCUT2D eigenvalue weighted by Gasteiger charge is -2.11. The van der Waals surface area contributed by atoms with Crippen molar-refractivity contribution in [1.29, 1.82) is 5.26 Å². The minimum atomic E-state index is -0.641. The predicted octanol–water partition coefficient (Wildman–Crippen LogP) is 5.84. The fraction of sp³-hybridized carbons (Fsp3) is 0.174. The van der Waals surface area contributed by atoms with Crippen LogP contribution in [0, 0.1) is 11.3 Å². The molecule has 0 radical (unpaired) electrons. The van der Waals surface area contributed by atoms with Crippen LogP contribution >= 0.6 is 34.5 Å². The van der Waals surface area contributed by atoms with Crippen LogP contribution < -0.4 is 11.1 Å². The molecular formula is C23H17Cl2N3O3S. The Labute approximate surface area is 198 Å². The lowest BCUT2D eigenvalue weighted by atomic mass is 9.95. The molecule has 0 unspecified atom stereocenters. The summed E-state index contributed by atoms with van der Waals surface area (Å²) < 4.78 is 5.74. The minimum absolute atomic E-state index is 0.170. The molecule has 1 aliphatic rings. The number of nitriles is 1. The molecule has 2 amide bonds. The number of benzene rings is 1. The first kappa shape index (κ1) is 22.2. The molecule has 0 saturated heterocycles. The van der Waals surface area contributed by atoms with Gasteiger partial charge in [0.1, 0.15) is 28.2 Å². The summed E-state index contributed by atoms with van der Waals surface area (Å²) in [5.41, 5.74) is 7.32. The lowest BCUT2D eigenvalue weighted by Crippen LogP contribution is -2.19. The van der Waals surface area contributed by atoms with Gasteiger partial charge in [-0.05, 0) is 61.6 Å². The topological polar surface area (TPSA) is 109 Å². The summed E-state index contributed by atoms with van der Waals surface area (Å²) in [7, 11) is 0. The van der Waals surface area contributed by atoms with E-state index < -0.39 is 11.8 Å². The molecule has 1 aliphatic carbocycles. The highest BCUT2D eigenvalue weighted by molar-refractivity contribution is 7.17. The number of primary amides is 1. The van der Waals surface area contributed by atoms with Crippen LogP contribution in [0.25, 0.3) is 17.4 Å². The van der Waals surface area contributed by atoms with Crippen molar-refractivity contribution in [3.8, 4) is 17.4 Å². The van der Waals surface area contributed by atoms with Gasteiger partial charge in [-0.1, -0.05) is 23.2 Å². The van der Waals surface area contributed by atoms with Crippen molar-refractivity contribution in [3.05, 3.63) is 67.7 Å². The number of carbonyl (C=O) groups excluding carboxylic acids is 2. The zero-order valence-electron chi connectivity index (χ0n) is 16.7. The molecule has 3 N–H and O–H groups in total. The third-order valence-electron chi connectivity index (χ3n) is 5.07. The van der Waals surface area contributed by atoms with Gasteiger partial charge in [-0.3, -0.25) is 9.59 Å². The Kier molecular flexibility index (Phi) is 6.38. The highest BCUT2D eigenvalue weighted by Gasteiger charge is 2.25. The number of amides is 2. The van der Waals surface area contributed by atoms with Crippen molar-refractivity contribution in [2.24, 2.45) is 5.73 Å².